The predicted octanol–water partition coefficient (Wildman–Crippen LogP) is 0.972. The fraction of sp³-hybridized carbons (Fsp3) is 1.00. The average molecular weight is 167 g/mol. The number of hydrogen-bond acceptors (Lipinski definition) is 2. The molecule has 1 N–H and O–H groups in total. The zero-order valence-corrected chi connectivity index (χ0v) is 7.37. The number of unbranched alkanes of at least 4 members (excludes halogenated alkanes) is 1. The molecule has 0 fully saturated rings. The average Bonchev–Trinajstić information content (AvgIpc) is 1.89. The second kappa shape index (κ2) is 4.68. The number of hydrogen-bond donors (Lipinski definition) is 1. The van der Waals surface area contributed by atoms with Gasteiger partial charge in [0.05, 0.1) is 5.75 Å². The van der Waals surface area contributed by atoms with E-state index >= 15 is 0 Å². The van der Waals surface area contributed by atoms with E-state index in [1.165, 1.54) is 0 Å². The molecule has 0 atom stereocenters. The van der Waals surface area contributed by atoms with Crippen molar-refractivity contribution >= 4 is 10.0 Å². The van der Waals surface area contributed by atoms with Crippen LogP contribution >= 0.6 is 0 Å². The highest BCUT2D eigenvalue weighted by molar-refractivity contribution is 7.89. The fourth-order valence-electron chi connectivity index (χ4n) is 0.507. The molecule has 64 valence electrons. The van der Waals surface area contributed by atoms with Crippen molar-refractivity contribution in [3.8, 4) is 0 Å². The molecule has 0 rings (SSSR count). The van der Waals surface area contributed by atoms with E-state index in [1.807, 2.05) is 6.92 Å². The number of nitrogens with one attached hydrogen (secondary N) is 1. The lowest BCUT2D eigenvalue weighted by Gasteiger charge is -2.01. The molecule has 3 nitrogen and oxygen atoms in total. The topological polar surface area (TPSA) is 46.2 Å². The van der Waals surface area contributed by atoms with Crippen LogP contribution in [0.3, 0.4) is 0 Å². The Morgan fingerprint density at radius 2 is 2.00 bits per heavy atom. The molecule has 0 heterocycles. The van der Waals surface area contributed by atoms with Gasteiger partial charge in [-0.2, -0.15) is 0 Å². The lowest BCUT2D eigenvalue weighted by Crippen LogP contribution is -2.25. The molecule has 0 bridgehead atoms. The Balaban J connectivity index is 0. The molecule has 0 aromatic rings. The van der Waals surface area contributed by atoms with E-state index in [0.29, 0.717) is 6.54 Å². The van der Waals surface area contributed by atoms with E-state index in [9.17, 15) is 8.42 Å². The van der Waals surface area contributed by atoms with Crippen molar-refractivity contribution in [3.05, 3.63) is 0 Å². The van der Waals surface area contributed by atoms with E-state index < -0.39 is 10.0 Å². The van der Waals surface area contributed by atoms with Crippen molar-refractivity contribution in [1.82, 2.24) is 4.72 Å². The van der Waals surface area contributed by atoms with Crippen LogP contribution < -0.4 is 4.72 Å². The summed E-state index contributed by atoms with van der Waals surface area (Å²) in [5, 5.41) is 0. The third-order valence-electron chi connectivity index (χ3n) is 1.23. The zero-order chi connectivity index (χ0) is 8.04. The van der Waals surface area contributed by atoms with Crippen LogP contribution in [0.15, 0.2) is 0 Å². The lowest BCUT2D eigenvalue weighted by atomic mass is 10.3. The lowest BCUT2D eigenvalue weighted by molar-refractivity contribution is 0.579. The number of rotatable bonds is 5. The van der Waals surface area contributed by atoms with Crippen LogP contribution in [0.2, 0.25) is 0 Å². The molecular formula is C6H17NO2S. The van der Waals surface area contributed by atoms with Gasteiger partial charge in [0.15, 0.2) is 0 Å². The molecule has 0 aromatic heterocycles. The highest BCUT2D eigenvalue weighted by Crippen LogP contribution is 1.86. The molecule has 0 saturated carbocycles. The van der Waals surface area contributed by atoms with Crippen molar-refractivity contribution in [1.29, 1.82) is 0 Å². The summed E-state index contributed by atoms with van der Waals surface area (Å²) in [6, 6.07) is 0. The standard InChI is InChI=1S/C6H15NO2S.H2/c1-3-5-6-7-10(8,9)4-2;/h7H,3-6H2,1-2H3;1H. The minimum Gasteiger partial charge on any atom is -0.215 e. The molecule has 0 unspecified atom stereocenters. The Bertz CT molecular complexity index is 167. The van der Waals surface area contributed by atoms with Crippen LogP contribution in [0.5, 0.6) is 0 Å². The SMILES string of the molecule is CCCCNS(=O)(=O)CC.[HH]. The summed E-state index contributed by atoms with van der Waals surface area (Å²) in [4.78, 5) is 0. The summed E-state index contributed by atoms with van der Waals surface area (Å²) in [7, 11) is -2.94. The number of sulfonamides is 1. The second-order valence-corrected chi connectivity index (χ2v) is 4.25. The van der Waals surface area contributed by atoms with Gasteiger partial charge in [-0.25, -0.2) is 13.1 Å². The monoisotopic (exact) mass is 167 g/mol. The maximum atomic E-state index is 10.8. The maximum absolute atomic E-state index is 10.8. The Hall–Kier alpha value is -0.0900. The van der Waals surface area contributed by atoms with Gasteiger partial charge in [-0.3, -0.25) is 0 Å². The van der Waals surface area contributed by atoms with Gasteiger partial charge in [-0.1, -0.05) is 13.3 Å². The van der Waals surface area contributed by atoms with Crippen molar-refractivity contribution in [2.45, 2.75) is 26.7 Å². The summed E-state index contributed by atoms with van der Waals surface area (Å²) in [6.07, 6.45) is 1.94. The normalized spacial score (nSPS) is 11.8. The first kappa shape index (κ1) is 9.91. The van der Waals surface area contributed by atoms with E-state index in [1.54, 1.807) is 6.92 Å². The molecule has 0 aliphatic carbocycles. The van der Waals surface area contributed by atoms with Crippen LogP contribution in [0, 0.1) is 0 Å². The minimum absolute atomic E-state index is 0. The quantitative estimate of drug-likeness (QED) is 0.620. The minimum atomic E-state index is -2.94. The first-order valence-electron chi connectivity index (χ1n) is 3.59. The molecule has 0 aromatic carbocycles. The van der Waals surface area contributed by atoms with Gasteiger partial charge >= 0.3 is 0 Å². The summed E-state index contributed by atoms with van der Waals surface area (Å²) < 4.78 is 24.0. The molecular weight excluding hydrogens is 150 g/mol. The predicted molar refractivity (Wildman–Crippen MR) is 44.5 cm³/mol. The maximum Gasteiger partial charge on any atom is 0.211 e. The summed E-state index contributed by atoms with van der Waals surface area (Å²) in [5.74, 6) is 0.177. The van der Waals surface area contributed by atoms with E-state index in [2.05, 4.69) is 4.72 Å². The third kappa shape index (κ3) is 4.76. The van der Waals surface area contributed by atoms with E-state index in [-0.39, 0.29) is 7.18 Å². The fourth-order valence-corrected chi connectivity index (χ4v) is 1.17. The third-order valence-corrected chi connectivity index (χ3v) is 2.64. The first-order valence-corrected chi connectivity index (χ1v) is 5.25. The van der Waals surface area contributed by atoms with Gasteiger partial charge in [0.25, 0.3) is 0 Å². The van der Waals surface area contributed by atoms with Gasteiger partial charge in [0.1, 0.15) is 0 Å². The van der Waals surface area contributed by atoms with Crippen molar-refractivity contribution in [2.24, 2.45) is 0 Å². The van der Waals surface area contributed by atoms with Crippen molar-refractivity contribution in [3.63, 3.8) is 0 Å². The van der Waals surface area contributed by atoms with Gasteiger partial charge in [-0.05, 0) is 13.3 Å². The van der Waals surface area contributed by atoms with Gasteiger partial charge < -0.3 is 0 Å². The molecule has 0 aliphatic rings. The molecule has 0 saturated heterocycles. The molecule has 10 heavy (non-hydrogen) atoms. The molecule has 0 amide bonds. The molecule has 0 aliphatic heterocycles. The molecule has 0 spiro atoms. The van der Waals surface area contributed by atoms with E-state index in [0.717, 1.165) is 12.8 Å². The van der Waals surface area contributed by atoms with Crippen LogP contribution in [0.1, 0.15) is 28.1 Å². The largest absolute Gasteiger partial charge is 0.215 e. The van der Waals surface area contributed by atoms with Gasteiger partial charge in [-0.15, -0.1) is 0 Å². The van der Waals surface area contributed by atoms with Gasteiger partial charge in [0, 0.05) is 7.97 Å². The van der Waals surface area contributed by atoms with Crippen LogP contribution in [-0.2, 0) is 10.0 Å². The highest BCUT2D eigenvalue weighted by atomic mass is 32.2. The Morgan fingerprint density at radius 3 is 2.40 bits per heavy atom. The van der Waals surface area contributed by atoms with Crippen LogP contribution in [-0.4, -0.2) is 20.7 Å². The van der Waals surface area contributed by atoms with Gasteiger partial charge in [0.2, 0.25) is 10.0 Å². The highest BCUT2D eigenvalue weighted by Gasteiger charge is 2.02. The van der Waals surface area contributed by atoms with Crippen molar-refractivity contribution in [2.75, 3.05) is 12.3 Å². The Kier molecular flexibility index (Phi) is 4.64. The van der Waals surface area contributed by atoms with Crippen molar-refractivity contribution < 1.29 is 9.84 Å². The Morgan fingerprint density at radius 1 is 1.40 bits per heavy atom. The van der Waals surface area contributed by atoms with E-state index in [4.69, 9.17) is 0 Å². The smallest absolute Gasteiger partial charge is 0.211 e. The van der Waals surface area contributed by atoms with Crippen LogP contribution in [0.4, 0.5) is 0 Å². The Labute approximate surface area is 64.4 Å². The summed E-state index contributed by atoms with van der Waals surface area (Å²) >= 11 is 0. The summed E-state index contributed by atoms with van der Waals surface area (Å²) in [6.45, 7) is 4.24. The molecule has 4 heteroatoms. The second-order valence-electron chi connectivity index (χ2n) is 2.15. The molecule has 0 radical (unpaired) electrons. The zero-order valence-electron chi connectivity index (χ0n) is 6.55. The summed E-state index contributed by atoms with van der Waals surface area (Å²) in [5.41, 5.74) is 0. The first-order chi connectivity index (χ1) is 4.62. The van der Waals surface area contributed by atoms with Crippen LogP contribution in [0.25, 0.3) is 0 Å².